The summed E-state index contributed by atoms with van der Waals surface area (Å²) in [6.07, 6.45) is 2.30. The van der Waals surface area contributed by atoms with Crippen molar-refractivity contribution in [2.24, 2.45) is 11.7 Å². The Morgan fingerprint density at radius 1 is 1.56 bits per heavy atom. The van der Waals surface area contributed by atoms with E-state index in [2.05, 4.69) is 17.3 Å². The maximum atomic E-state index is 11.5. The molecule has 1 fully saturated rings. The molecule has 94 valence electrons. The number of carbonyl (C=O) groups is 1. The first-order valence-corrected chi connectivity index (χ1v) is 5.84. The van der Waals surface area contributed by atoms with Crippen molar-refractivity contribution >= 4 is 5.91 Å². The zero-order valence-corrected chi connectivity index (χ0v) is 10.2. The zero-order chi connectivity index (χ0) is 12.0. The Morgan fingerprint density at radius 2 is 2.19 bits per heavy atom. The normalized spacial score (nSPS) is 20.7. The standard InChI is InChI=1S/C11H23N3O2/c1-14-5-3-9(4-6-14)7-13-11(15)10(12)8-16-2/h9-10H,3-8,12H2,1-2H3,(H,13,15). The molecule has 5 heteroatoms. The number of nitrogens with one attached hydrogen (secondary N) is 1. The summed E-state index contributed by atoms with van der Waals surface area (Å²) < 4.78 is 4.84. The lowest BCUT2D eigenvalue weighted by molar-refractivity contribution is -0.123. The molecular weight excluding hydrogens is 206 g/mol. The number of hydrogen-bond acceptors (Lipinski definition) is 4. The Labute approximate surface area is 97.3 Å². The van der Waals surface area contributed by atoms with Gasteiger partial charge >= 0.3 is 0 Å². The largest absolute Gasteiger partial charge is 0.383 e. The van der Waals surface area contributed by atoms with Gasteiger partial charge in [0.25, 0.3) is 0 Å². The molecule has 0 aliphatic carbocycles. The summed E-state index contributed by atoms with van der Waals surface area (Å²) in [6.45, 7) is 3.25. The van der Waals surface area contributed by atoms with Gasteiger partial charge in [-0.2, -0.15) is 0 Å². The van der Waals surface area contributed by atoms with Crippen molar-refractivity contribution in [3.8, 4) is 0 Å². The summed E-state index contributed by atoms with van der Waals surface area (Å²) >= 11 is 0. The maximum Gasteiger partial charge on any atom is 0.239 e. The molecule has 0 spiro atoms. The smallest absolute Gasteiger partial charge is 0.239 e. The van der Waals surface area contributed by atoms with Gasteiger partial charge in [-0.1, -0.05) is 0 Å². The molecule has 1 aliphatic heterocycles. The fraction of sp³-hybridized carbons (Fsp3) is 0.909. The van der Waals surface area contributed by atoms with Gasteiger partial charge in [-0.15, -0.1) is 0 Å². The van der Waals surface area contributed by atoms with E-state index in [1.807, 2.05) is 0 Å². The predicted octanol–water partition coefficient (Wildman–Crippen LogP) is -0.582. The SMILES string of the molecule is COCC(N)C(=O)NCC1CCN(C)CC1. The number of methoxy groups -OCH3 is 1. The molecule has 1 amide bonds. The molecule has 1 unspecified atom stereocenters. The van der Waals surface area contributed by atoms with Crippen LogP contribution >= 0.6 is 0 Å². The molecule has 0 aromatic carbocycles. The summed E-state index contributed by atoms with van der Waals surface area (Å²) in [5.41, 5.74) is 5.62. The lowest BCUT2D eigenvalue weighted by Crippen LogP contribution is -2.46. The van der Waals surface area contributed by atoms with E-state index in [0.717, 1.165) is 32.5 Å². The van der Waals surface area contributed by atoms with Gasteiger partial charge in [0.05, 0.1) is 6.61 Å². The van der Waals surface area contributed by atoms with Gasteiger partial charge in [0, 0.05) is 13.7 Å². The van der Waals surface area contributed by atoms with E-state index in [1.54, 1.807) is 7.11 Å². The van der Waals surface area contributed by atoms with Crippen LogP contribution in [0.5, 0.6) is 0 Å². The Hall–Kier alpha value is -0.650. The molecule has 5 nitrogen and oxygen atoms in total. The summed E-state index contributed by atoms with van der Waals surface area (Å²) in [7, 11) is 3.67. The molecule has 16 heavy (non-hydrogen) atoms. The lowest BCUT2D eigenvalue weighted by Gasteiger charge is -2.29. The fourth-order valence-corrected chi connectivity index (χ4v) is 1.90. The molecule has 1 rings (SSSR count). The van der Waals surface area contributed by atoms with E-state index in [-0.39, 0.29) is 12.5 Å². The molecular formula is C11H23N3O2. The van der Waals surface area contributed by atoms with Crippen LogP contribution in [-0.4, -0.2) is 57.2 Å². The summed E-state index contributed by atoms with van der Waals surface area (Å²) in [6, 6.07) is -0.545. The van der Waals surface area contributed by atoms with Gasteiger partial charge in [-0.25, -0.2) is 0 Å². The average molecular weight is 229 g/mol. The Balaban J connectivity index is 2.16. The minimum atomic E-state index is -0.545. The van der Waals surface area contributed by atoms with Crippen molar-refractivity contribution in [3.05, 3.63) is 0 Å². The Bertz CT molecular complexity index is 215. The molecule has 1 atom stereocenters. The number of ether oxygens (including phenoxy) is 1. The van der Waals surface area contributed by atoms with Crippen molar-refractivity contribution in [2.75, 3.05) is 40.4 Å². The van der Waals surface area contributed by atoms with Gasteiger partial charge < -0.3 is 20.7 Å². The molecule has 1 heterocycles. The zero-order valence-electron chi connectivity index (χ0n) is 10.2. The number of nitrogens with zero attached hydrogens (tertiary/aromatic N) is 1. The molecule has 1 saturated heterocycles. The van der Waals surface area contributed by atoms with E-state index in [9.17, 15) is 4.79 Å². The van der Waals surface area contributed by atoms with Crippen molar-refractivity contribution in [1.82, 2.24) is 10.2 Å². The van der Waals surface area contributed by atoms with Gasteiger partial charge in [-0.3, -0.25) is 4.79 Å². The van der Waals surface area contributed by atoms with E-state index in [0.29, 0.717) is 5.92 Å². The first kappa shape index (κ1) is 13.4. The van der Waals surface area contributed by atoms with Crippen LogP contribution in [0.1, 0.15) is 12.8 Å². The first-order valence-electron chi connectivity index (χ1n) is 5.84. The van der Waals surface area contributed by atoms with Crippen LogP contribution in [0, 0.1) is 5.92 Å². The quantitative estimate of drug-likeness (QED) is 0.662. The van der Waals surface area contributed by atoms with Crippen LogP contribution in [0.2, 0.25) is 0 Å². The number of likely N-dealkylation sites (tertiary alicyclic amines) is 1. The van der Waals surface area contributed by atoms with Crippen molar-refractivity contribution < 1.29 is 9.53 Å². The van der Waals surface area contributed by atoms with E-state index >= 15 is 0 Å². The topological polar surface area (TPSA) is 67.6 Å². The van der Waals surface area contributed by atoms with Gasteiger partial charge in [0.15, 0.2) is 0 Å². The minimum absolute atomic E-state index is 0.110. The van der Waals surface area contributed by atoms with Crippen LogP contribution in [0.25, 0.3) is 0 Å². The molecule has 0 aromatic heterocycles. The first-order chi connectivity index (χ1) is 7.63. The second kappa shape index (κ2) is 6.83. The highest BCUT2D eigenvalue weighted by Crippen LogP contribution is 2.14. The van der Waals surface area contributed by atoms with E-state index < -0.39 is 6.04 Å². The highest BCUT2D eigenvalue weighted by molar-refractivity contribution is 5.81. The summed E-state index contributed by atoms with van der Waals surface area (Å²) in [5.74, 6) is 0.482. The number of amides is 1. The average Bonchev–Trinajstić information content (AvgIpc) is 2.28. The monoisotopic (exact) mass is 229 g/mol. The number of rotatable bonds is 5. The van der Waals surface area contributed by atoms with Gasteiger partial charge in [-0.05, 0) is 38.9 Å². The minimum Gasteiger partial charge on any atom is -0.383 e. The van der Waals surface area contributed by atoms with Crippen LogP contribution in [-0.2, 0) is 9.53 Å². The maximum absolute atomic E-state index is 11.5. The number of piperidine rings is 1. The van der Waals surface area contributed by atoms with Gasteiger partial charge in [0.1, 0.15) is 6.04 Å². The van der Waals surface area contributed by atoms with E-state index in [4.69, 9.17) is 10.5 Å². The molecule has 0 saturated carbocycles. The number of hydrogen-bond donors (Lipinski definition) is 2. The van der Waals surface area contributed by atoms with Crippen molar-refractivity contribution in [1.29, 1.82) is 0 Å². The third-order valence-electron chi connectivity index (χ3n) is 3.09. The molecule has 0 aromatic rings. The predicted molar refractivity (Wildman–Crippen MR) is 63.1 cm³/mol. The molecule has 0 bridgehead atoms. The van der Waals surface area contributed by atoms with Crippen LogP contribution < -0.4 is 11.1 Å². The van der Waals surface area contributed by atoms with Gasteiger partial charge in [0.2, 0.25) is 5.91 Å². The van der Waals surface area contributed by atoms with Crippen LogP contribution in [0.15, 0.2) is 0 Å². The van der Waals surface area contributed by atoms with E-state index in [1.165, 1.54) is 0 Å². The number of nitrogens with two attached hydrogens (primary N) is 1. The van der Waals surface area contributed by atoms with Crippen LogP contribution in [0.4, 0.5) is 0 Å². The highest BCUT2D eigenvalue weighted by atomic mass is 16.5. The van der Waals surface area contributed by atoms with Crippen molar-refractivity contribution in [2.45, 2.75) is 18.9 Å². The molecule has 3 N–H and O–H groups in total. The van der Waals surface area contributed by atoms with Crippen LogP contribution in [0.3, 0.4) is 0 Å². The Kier molecular flexibility index (Phi) is 5.73. The summed E-state index contributed by atoms with van der Waals surface area (Å²) in [5, 5.41) is 2.89. The third kappa shape index (κ3) is 4.47. The highest BCUT2D eigenvalue weighted by Gasteiger charge is 2.19. The fourth-order valence-electron chi connectivity index (χ4n) is 1.90. The third-order valence-corrected chi connectivity index (χ3v) is 3.09. The summed E-state index contributed by atoms with van der Waals surface area (Å²) in [4.78, 5) is 13.8. The molecule has 0 radical (unpaired) electrons. The second-order valence-corrected chi connectivity index (χ2v) is 4.55. The number of carbonyl (C=O) groups excluding carboxylic acids is 1. The molecule has 1 aliphatic rings. The second-order valence-electron chi connectivity index (χ2n) is 4.55. The lowest BCUT2D eigenvalue weighted by atomic mass is 9.97. The Morgan fingerprint density at radius 3 is 2.75 bits per heavy atom. The van der Waals surface area contributed by atoms with Crippen molar-refractivity contribution in [3.63, 3.8) is 0 Å².